The molecule has 5 heteroatoms. The summed E-state index contributed by atoms with van der Waals surface area (Å²) >= 11 is 0. The number of hydrogen-bond donors (Lipinski definition) is 0. The first kappa shape index (κ1) is 25.6. The van der Waals surface area contributed by atoms with E-state index in [0.29, 0.717) is 17.5 Å². The average Bonchev–Trinajstić information content (AvgIpc) is 3.12. The summed E-state index contributed by atoms with van der Waals surface area (Å²) in [6.45, 7) is 0. The van der Waals surface area contributed by atoms with Crippen LogP contribution in [-0.2, 0) is 0 Å². The van der Waals surface area contributed by atoms with Gasteiger partial charge >= 0.3 is 0 Å². The number of rotatable bonds is 5. The third-order valence-corrected chi connectivity index (χ3v) is 7.77. The summed E-state index contributed by atoms with van der Waals surface area (Å²) < 4.78 is 0. The first-order valence-electron chi connectivity index (χ1n) is 14.5. The van der Waals surface area contributed by atoms with Crippen LogP contribution >= 0.6 is 0 Å². The second-order valence-corrected chi connectivity index (χ2v) is 10.6. The molecule has 206 valence electrons. The SMILES string of the molecule is c1ccc(-c2nc(-c3ccccc3)nc(-c3cccc(-c4ccc(-c5nc6ccccc6c6ccccc56)nc4)c3)n2)cc1. The third kappa shape index (κ3) is 4.76. The summed E-state index contributed by atoms with van der Waals surface area (Å²) in [7, 11) is 0. The molecule has 8 rings (SSSR count). The lowest BCUT2D eigenvalue weighted by atomic mass is 10.0. The van der Waals surface area contributed by atoms with Gasteiger partial charge in [0, 0.05) is 39.2 Å². The quantitative estimate of drug-likeness (QED) is 0.195. The Balaban J connectivity index is 1.19. The van der Waals surface area contributed by atoms with Gasteiger partial charge in [0.15, 0.2) is 17.5 Å². The molecule has 0 unspecified atom stereocenters. The van der Waals surface area contributed by atoms with Crippen molar-refractivity contribution in [2.75, 3.05) is 0 Å². The molecule has 3 aromatic heterocycles. The number of pyridine rings is 2. The van der Waals surface area contributed by atoms with E-state index in [1.54, 1.807) is 0 Å². The topological polar surface area (TPSA) is 64.5 Å². The van der Waals surface area contributed by atoms with Gasteiger partial charge in [0.1, 0.15) is 0 Å². The highest BCUT2D eigenvalue weighted by Gasteiger charge is 2.14. The maximum atomic E-state index is 5.01. The first-order valence-corrected chi connectivity index (χ1v) is 14.5. The fraction of sp³-hybridized carbons (Fsp3) is 0. The molecule has 5 nitrogen and oxygen atoms in total. The van der Waals surface area contributed by atoms with Crippen LogP contribution in [0.2, 0.25) is 0 Å². The van der Waals surface area contributed by atoms with Crippen LogP contribution in [0.3, 0.4) is 0 Å². The zero-order valence-electron chi connectivity index (χ0n) is 23.7. The molecule has 0 atom stereocenters. The van der Waals surface area contributed by atoms with Crippen LogP contribution in [-0.4, -0.2) is 24.9 Å². The van der Waals surface area contributed by atoms with E-state index < -0.39 is 0 Å². The van der Waals surface area contributed by atoms with E-state index in [-0.39, 0.29) is 0 Å². The summed E-state index contributed by atoms with van der Waals surface area (Å²) in [6, 6.07) is 49.1. The number of benzene rings is 5. The highest BCUT2D eigenvalue weighted by molar-refractivity contribution is 6.10. The van der Waals surface area contributed by atoms with Crippen molar-refractivity contribution in [2.24, 2.45) is 0 Å². The molecule has 0 bridgehead atoms. The molecule has 0 saturated carbocycles. The molecule has 0 spiro atoms. The fourth-order valence-electron chi connectivity index (χ4n) is 5.58. The minimum Gasteiger partial charge on any atom is -0.254 e. The van der Waals surface area contributed by atoms with Gasteiger partial charge in [-0.25, -0.2) is 19.9 Å². The number of nitrogens with zero attached hydrogens (tertiary/aromatic N) is 5. The highest BCUT2D eigenvalue weighted by atomic mass is 15.0. The summed E-state index contributed by atoms with van der Waals surface area (Å²) in [6.07, 6.45) is 1.91. The Morgan fingerprint density at radius 2 is 0.886 bits per heavy atom. The lowest BCUT2D eigenvalue weighted by Crippen LogP contribution is -2.00. The van der Waals surface area contributed by atoms with Crippen molar-refractivity contribution >= 4 is 21.7 Å². The molecule has 0 fully saturated rings. The van der Waals surface area contributed by atoms with E-state index in [9.17, 15) is 0 Å². The van der Waals surface area contributed by atoms with Gasteiger partial charge in [-0.2, -0.15) is 0 Å². The molecule has 0 aliphatic heterocycles. The molecular formula is C39H25N5. The molecule has 8 aromatic rings. The van der Waals surface area contributed by atoms with Gasteiger partial charge < -0.3 is 0 Å². The Bertz CT molecular complexity index is 2210. The highest BCUT2D eigenvalue weighted by Crippen LogP contribution is 2.33. The molecule has 0 radical (unpaired) electrons. The van der Waals surface area contributed by atoms with E-state index >= 15 is 0 Å². The van der Waals surface area contributed by atoms with Crippen molar-refractivity contribution in [1.29, 1.82) is 0 Å². The molecule has 44 heavy (non-hydrogen) atoms. The largest absolute Gasteiger partial charge is 0.254 e. The lowest BCUT2D eigenvalue weighted by molar-refractivity contribution is 1.07. The second-order valence-electron chi connectivity index (χ2n) is 10.6. The van der Waals surface area contributed by atoms with Crippen molar-refractivity contribution < 1.29 is 0 Å². The van der Waals surface area contributed by atoms with E-state index in [2.05, 4.69) is 66.7 Å². The summed E-state index contributed by atoms with van der Waals surface area (Å²) in [5.74, 6) is 1.90. The maximum absolute atomic E-state index is 5.01. The molecule has 0 saturated heterocycles. The van der Waals surface area contributed by atoms with Crippen molar-refractivity contribution in [3.05, 3.63) is 152 Å². The predicted molar refractivity (Wildman–Crippen MR) is 178 cm³/mol. The molecule has 0 N–H and O–H groups in total. The second kappa shape index (κ2) is 11.0. The molecule has 5 aromatic carbocycles. The third-order valence-electron chi connectivity index (χ3n) is 7.77. The first-order chi connectivity index (χ1) is 21.8. The molecule has 3 heterocycles. The Morgan fingerprint density at radius 3 is 1.55 bits per heavy atom. The molecule has 0 aliphatic carbocycles. The Hall–Kier alpha value is -6.07. The lowest BCUT2D eigenvalue weighted by Gasteiger charge is -2.11. The molecular weight excluding hydrogens is 538 g/mol. The van der Waals surface area contributed by atoms with E-state index in [1.165, 1.54) is 5.39 Å². The van der Waals surface area contributed by atoms with Crippen molar-refractivity contribution in [3.63, 3.8) is 0 Å². The van der Waals surface area contributed by atoms with Crippen LogP contribution in [0.5, 0.6) is 0 Å². The number of hydrogen-bond acceptors (Lipinski definition) is 5. The van der Waals surface area contributed by atoms with Gasteiger partial charge in [-0.3, -0.25) is 4.98 Å². The Morgan fingerprint density at radius 1 is 0.341 bits per heavy atom. The van der Waals surface area contributed by atoms with Crippen molar-refractivity contribution in [3.8, 4) is 56.7 Å². The van der Waals surface area contributed by atoms with Crippen molar-refractivity contribution in [2.45, 2.75) is 0 Å². The number of para-hydroxylation sites is 1. The minimum atomic E-state index is 0.621. The van der Waals surface area contributed by atoms with Crippen LogP contribution in [0, 0.1) is 0 Å². The van der Waals surface area contributed by atoms with Crippen LogP contribution < -0.4 is 0 Å². The van der Waals surface area contributed by atoms with Gasteiger partial charge in [-0.05, 0) is 29.1 Å². The summed E-state index contributed by atoms with van der Waals surface area (Å²) in [5, 5.41) is 3.41. The fourth-order valence-corrected chi connectivity index (χ4v) is 5.58. The van der Waals surface area contributed by atoms with E-state index in [1.807, 2.05) is 85.1 Å². The average molecular weight is 564 g/mol. The number of fused-ring (bicyclic) bond motifs is 3. The smallest absolute Gasteiger partial charge is 0.164 e. The van der Waals surface area contributed by atoms with Crippen LogP contribution in [0.4, 0.5) is 0 Å². The predicted octanol–water partition coefficient (Wildman–Crippen LogP) is 9.30. The number of aromatic nitrogens is 5. The van der Waals surface area contributed by atoms with E-state index in [0.717, 1.165) is 55.5 Å². The normalized spacial score (nSPS) is 11.2. The Labute approximate surface area is 254 Å². The van der Waals surface area contributed by atoms with Crippen molar-refractivity contribution in [1.82, 2.24) is 24.9 Å². The van der Waals surface area contributed by atoms with Gasteiger partial charge in [0.05, 0.1) is 16.9 Å². The zero-order valence-corrected chi connectivity index (χ0v) is 23.7. The van der Waals surface area contributed by atoms with Crippen LogP contribution in [0.15, 0.2) is 152 Å². The maximum Gasteiger partial charge on any atom is 0.164 e. The van der Waals surface area contributed by atoms with Crippen LogP contribution in [0.1, 0.15) is 0 Å². The summed E-state index contributed by atoms with van der Waals surface area (Å²) in [5.41, 5.74) is 7.50. The van der Waals surface area contributed by atoms with Gasteiger partial charge in [-0.15, -0.1) is 0 Å². The van der Waals surface area contributed by atoms with Gasteiger partial charge in [0.2, 0.25) is 0 Å². The van der Waals surface area contributed by atoms with Gasteiger partial charge in [0.25, 0.3) is 0 Å². The van der Waals surface area contributed by atoms with E-state index in [4.69, 9.17) is 24.9 Å². The molecule has 0 amide bonds. The molecule has 0 aliphatic rings. The standard InChI is InChI=1S/C39H25N5/c1-3-12-26(13-4-1)37-42-38(27-14-5-2-6-15-27)44-39(43-37)29-17-11-16-28(24-29)30-22-23-35(40-25-30)36-33-20-8-7-18-31(33)32-19-9-10-21-34(32)41-36/h1-25H. The zero-order chi connectivity index (χ0) is 29.3. The van der Waals surface area contributed by atoms with Gasteiger partial charge in [-0.1, -0.05) is 127 Å². The Kier molecular flexibility index (Phi) is 6.39. The minimum absolute atomic E-state index is 0.621. The summed E-state index contributed by atoms with van der Waals surface area (Å²) in [4.78, 5) is 24.5. The van der Waals surface area contributed by atoms with Crippen LogP contribution in [0.25, 0.3) is 78.4 Å². The monoisotopic (exact) mass is 563 g/mol.